The number of fused-ring (bicyclic) bond motifs is 1. The van der Waals surface area contributed by atoms with E-state index in [1.165, 1.54) is 12.1 Å². The highest BCUT2D eigenvalue weighted by Gasteiger charge is 2.39. The highest BCUT2D eigenvalue weighted by Crippen LogP contribution is 2.39. The number of aryl methyl sites for hydroxylation is 1. The van der Waals surface area contributed by atoms with Crippen LogP contribution in [-0.4, -0.2) is 23.8 Å². The Morgan fingerprint density at radius 1 is 0.757 bits per heavy atom. The lowest BCUT2D eigenvalue weighted by Gasteiger charge is -2.36. The summed E-state index contributed by atoms with van der Waals surface area (Å²) in [6, 6.07) is 24.0. The topological polar surface area (TPSA) is 61.8 Å². The molecule has 0 unspecified atom stereocenters. The van der Waals surface area contributed by atoms with Crippen LogP contribution in [0.4, 0.5) is 0 Å². The van der Waals surface area contributed by atoms with Gasteiger partial charge in [0.15, 0.2) is 0 Å². The molecular weight excluding hydrogens is 500 g/mol. The first-order valence-electron chi connectivity index (χ1n) is 12.2. The highest BCUT2D eigenvalue weighted by molar-refractivity contribution is 7.87. The van der Waals surface area contributed by atoms with Crippen LogP contribution in [0.15, 0.2) is 83.8 Å². The van der Waals surface area contributed by atoms with Gasteiger partial charge in [0, 0.05) is 11.6 Å². The summed E-state index contributed by atoms with van der Waals surface area (Å²) < 4.78 is 42.9. The van der Waals surface area contributed by atoms with Gasteiger partial charge in [-0.1, -0.05) is 56.7 Å². The van der Waals surface area contributed by atoms with E-state index >= 15 is 0 Å². The van der Waals surface area contributed by atoms with Crippen LogP contribution in [0, 0.1) is 6.92 Å². The van der Waals surface area contributed by atoms with Gasteiger partial charge in [-0.2, -0.15) is 8.42 Å². The second-order valence-corrected chi connectivity index (χ2v) is 17.1. The van der Waals surface area contributed by atoms with Crippen LogP contribution in [0.1, 0.15) is 26.3 Å². The SMILES string of the molecule is COc1cc(OS(=O)(=O)c2ccc(C)cc2)ccc1-c1ccc2cc(O[Si](C)(C)C(C)(C)C)ccc2c1. The molecule has 5 nitrogen and oxygen atoms in total. The summed E-state index contributed by atoms with van der Waals surface area (Å²) >= 11 is 0. The molecule has 0 fully saturated rings. The number of rotatable bonds is 7. The summed E-state index contributed by atoms with van der Waals surface area (Å²) in [5.74, 6) is 1.60. The molecule has 0 heterocycles. The largest absolute Gasteiger partial charge is 0.543 e. The zero-order valence-electron chi connectivity index (χ0n) is 22.5. The number of hydrogen-bond donors (Lipinski definition) is 0. The van der Waals surface area contributed by atoms with Gasteiger partial charge in [0.25, 0.3) is 0 Å². The zero-order chi connectivity index (χ0) is 27.0. The number of ether oxygens (including phenoxy) is 1. The number of benzene rings is 4. The molecule has 0 spiro atoms. The quantitative estimate of drug-likeness (QED) is 0.178. The van der Waals surface area contributed by atoms with E-state index in [-0.39, 0.29) is 15.7 Å². The van der Waals surface area contributed by atoms with E-state index in [4.69, 9.17) is 13.3 Å². The van der Waals surface area contributed by atoms with Crippen LogP contribution in [0.3, 0.4) is 0 Å². The molecule has 7 heteroatoms. The van der Waals surface area contributed by atoms with Gasteiger partial charge < -0.3 is 13.3 Å². The number of methoxy groups -OCH3 is 1. The molecule has 0 aliphatic carbocycles. The van der Waals surface area contributed by atoms with Crippen molar-refractivity contribution in [2.75, 3.05) is 7.11 Å². The second kappa shape index (κ2) is 9.87. The molecule has 0 N–H and O–H groups in total. The van der Waals surface area contributed by atoms with Crippen molar-refractivity contribution in [1.82, 2.24) is 0 Å². The van der Waals surface area contributed by atoms with Crippen LogP contribution in [0.25, 0.3) is 21.9 Å². The average molecular weight is 535 g/mol. The molecule has 4 aromatic rings. The van der Waals surface area contributed by atoms with Gasteiger partial charge in [-0.3, -0.25) is 0 Å². The molecule has 0 radical (unpaired) electrons. The normalized spacial score (nSPS) is 12.4. The van der Waals surface area contributed by atoms with Gasteiger partial charge in [-0.15, -0.1) is 0 Å². The Bertz CT molecular complexity index is 1540. The van der Waals surface area contributed by atoms with Crippen molar-refractivity contribution in [3.8, 4) is 28.4 Å². The van der Waals surface area contributed by atoms with Crippen molar-refractivity contribution in [2.24, 2.45) is 0 Å². The van der Waals surface area contributed by atoms with E-state index in [0.717, 1.165) is 33.2 Å². The summed E-state index contributed by atoms with van der Waals surface area (Å²) in [7, 11) is -4.32. The van der Waals surface area contributed by atoms with Gasteiger partial charge in [-0.05, 0) is 83.9 Å². The Hall–Kier alpha value is -3.29. The van der Waals surface area contributed by atoms with Crippen LogP contribution in [-0.2, 0) is 10.1 Å². The van der Waals surface area contributed by atoms with Gasteiger partial charge in [0.05, 0.1) is 7.11 Å². The van der Waals surface area contributed by atoms with Crippen molar-refractivity contribution in [1.29, 1.82) is 0 Å². The Balaban J connectivity index is 1.61. The average Bonchev–Trinajstić information content (AvgIpc) is 2.82. The summed E-state index contributed by atoms with van der Waals surface area (Å²) in [4.78, 5) is 0.104. The molecule has 0 aromatic heterocycles. The molecule has 0 aliphatic heterocycles. The minimum Gasteiger partial charge on any atom is -0.543 e. The monoisotopic (exact) mass is 534 g/mol. The minimum absolute atomic E-state index is 0.104. The molecule has 0 bridgehead atoms. The third-order valence-corrected chi connectivity index (χ3v) is 12.6. The van der Waals surface area contributed by atoms with Crippen LogP contribution >= 0.6 is 0 Å². The number of hydrogen-bond acceptors (Lipinski definition) is 5. The smallest absolute Gasteiger partial charge is 0.339 e. The zero-order valence-corrected chi connectivity index (χ0v) is 24.3. The van der Waals surface area contributed by atoms with E-state index in [2.05, 4.69) is 58.1 Å². The molecule has 0 atom stereocenters. The molecule has 4 aromatic carbocycles. The van der Waals surface area contributed by atoms with E-state index < -0.39 is 18.4 Å². The van der Waals surface area contributed by atoms with E-state index in [1.807, 2.05) is 25.1 Å². The maximum atomic E-state index is 12.7. The minimum atomic E-state index is -3.95. The fraction of sp³-hybridized carbons (Fsp3) is 0.267. The Morgan fingerprint density at radius 2 is 1.38 bits per heavy atom. The first-order valence-corrected chi connectivity index (χ1v) is 16.5. The summed E-state index contributed by atoms with van der Waals surface area (Å²) in [5.41, 5.74) is 2.76. The van der Waals surface area contributed by atoms with Crippen molar-refractivity contribution >= 4 is 29.2 Å². The molecule has 4 rings (SSSR count). The lowest BCUT2D eigenvalue weighted by Crippen LogP contribution is -2.43. The highest BCUT2D eigenvalue weighted by atomic mass is 32.2. The van der Waals surface area contributed by atoms with Crippen molar-refractivity contribution in [2.45, 2.75) is 50.7 Å². The molecule has 194 valence electrons. The van der Waals surface area contributed by atoms with Crippen LogP contribution in [0.2, 0.25) is 18.1 Å². The first-order chi connectivity index (χ1) is 17.3. The maximum absolute atomic E-state index is 12.7. The second-order valence-electron chi connectivity index (χ2n) is 10.8. The molecule has 0 saturated heterocycles. The van der Waals surface area contributed by atoms with Gasteiger partial charge in [0.1, 0.15) is 22.1 Å². The summed E-state index contributed by atoms with van der Waals surface area (Å²) in [5, 5.41) is 2.28. The fourth-order valence-electron chi connectivity index (χ4n) is 3.74. The van der Waals surface area contributed by atoms with E-state index in [0.29, 0.717) is 5.75 Å². The molecule has 0 amide bonds. The molecular formula is C30H34O5SSi. The maximum Gasteiger partial charge on any atom is 0.339 e. The Kier molecular flexibility index (Phi) is 7.14. The molecule has 37 heavy (non-hydrogen) atoms. The lowest BCUT2D eigenvalue weighted by molar-refractivity contribution is 0.413. The van der Waals surface area contributed by atoms with Crippen LogP contribution < -0.4 is 13.3 Å². The van der Waals surface area contributed by atoms with Crippen molar-refractivity contribution < 1.29 is 21.8 Å². The van der Waals surface area contributed by atoms with Gasteiger partial charge >= 0.3 is 10.1 Å². The standard InChI is InChI=1S/C30H34O5SSi/c1-21-8-15-27(16-9-21)36(31,32)34-25-14-17-28(29(20-25)33-5)24-11-10-23-19-26(13-12-22(23)18-24)35-37(6,7)30(2,3)4/h8-20H,1-7H3. The van der Waals surface area contributed by atoms with E-state index in [9.17, 15) is 8.42 Å². The summed E-state index contributed by atoms with van der Waals surface area (Å²) in [6.45, 7) is 13.1. The predicted octanol–water partition coefficient (Wildman–Crippen LogP) is 7.98. The summed E-state index contributed by atoms with van der Waals surface area (Å²) in [6.07, 6.45) is 0. The lowest BCUT2D eigenvalue weighted by atomic mass is 10.0. The van der Waals surface area contributed by atoms with Crippen molar-refractivity contribution in [3.63, 3.8) is 0 Å². The van der Waals surface area contributed by atoms with Gasteiger partial charge in [0.2, 0.25) is 8.32 Å². The predicted molar refractivity (Wildman–Crippen MR) is 153 cm³/mol. The van der Waals surface area contributed by atoms with Gasteiger partial charge in [-0.25, -0.2) is 0 Å². The first kappa shape index (κ1) is 26.8. The fourth-order valence-corrected chi connectivity index (χ4v) is 5.69. The van der Waals surface area contributed by atoms with E-state index in [1.54, 1.807) is 31.4 Å². The third kappa shape index (κ3) is 5.83. The van der Waals surface area contributed by atoms with Crippen LogP contribution in [0.5, 0.6) is 17.2 Å². The third-order valence-electron chi connectivity index (χ3n) is 6.99. The molecule has 0 aliphatic rings. The molecule has 0 saturated carbocycles. The Labute approximate surface area is 221 Å². The Morgan fingerprint density at radius 3 is 2.03 bits per heavy atom. The van der Waals surface area contributed by atoms with Crippen molar-refractivity contribution in [3.05, 3.63) is 84.4 Å².